The maximum Gasteiger partial charge on any atom is 0.329 e. The first-order chi connectivity index (χ1) is 17.4. The highest BCUT2D eigenvalue weighted by Gasteiger charge is 2.17. The van der Waals surface area contributed by atoms with Gasteiger partial charge in [0.25, 0.3) is 0 Å². The van der Waals surface area contributed by atoms with Crippen LogP contribution in [0.5, 0.6) is 11.5 Å². The van der Waals surface area contributed by atoms with E-state index in [9.17, 15) is 14.4 Å². The summed E-state index contributed by atoms with van der Waals surface area (Å²) in [7, 11) is 2.96. The molecule has 4 rings (SSSR count). The Kier molecular flexibility index (Phi) is 7.15. The molecule has 3 N–H and O–H groups in total. The number of para-hydroxylation sites is 3. The Hall–Kier alpha value is -4.86. The van der Waals surface area contributed by atoms with Crippen molar-refractivity contribution in [2.75, 3.05) is 24.9 Å². The molecule has 10 heteroatoms. The number of rotatable bonds is 7. The van der Waals surface area contributed by atoms with E-state index in [1.54, 1.807) is 43.3 Å². The van der Waals surface area contributed by atoms with Crippen LogP contribution in [0.25, 0.3) is 21.9 Å². The summed E-state index contributed by atoms with van der Waals surface area (Å²) in [5.74, 6) is -1.43. The number of anilines is 2. The average Bonchev–Trinajstić information content (AvgIpc) is 3.24. The predicted molar refractivity (Wildman–Crippen MR) is 136 cm³/mol. The predicted octanol–water partition coefficient (Wildman–Crippen LogP) is 4.06. The number of hydrogen-bond acceptors (Lipinski definition) is 7. The minimum absolute atomic E-state index is 0.129. The second-order valence-corrected chi connectivity index (χ2v) is 7.81. The zero-order valence-electron chi connectivity index (χ0n) is 19.9. The molecular weight excluding hydrogens is 464 g/mol. The quantitative estimate of drug-likeness (QED) is 0.204. The van der Waals surface area contributed by atoms with Gasteiger partial charge in [0, 0.05) is 22.6 Å². The van der Waals surface area contributed by atoms with Gasteiger partial charge in [-0.05, 0) is 31.2 Å². The van der Waals surface area contributed by atoms with Crippen molar-refractivity contribution in [2.24, 2.45) is 5.10 Å². The lowest BCUT2D eigenvalue weighted by Crippen LogP contribution is -2.33. The van der Waals surface area contributed by atoms with Crippen LogP contribution in [0.4, 0.5) is 11.4 Å². The van der Waals surface area contributed by atoms with E-state index in [4.69, 9.17) is 13.9 Å². The summed E-state index contributed by atoms with van der Waals surface area (Å²) in [6.07, 6.45) is -0.129. The number of carbonyl (C=O) groups excluding carboxylic acids is 3. The van der Waals surface area contributed by atoms with E-state index in [0.29, 0.717) is 28.5 Å². The highest BCUT2D eigenvalue weighted by atomic mass is 16.5. The van der Waals surface area contributed by atoms with Crippen LogP contribution in [-0.2, 0) is 14.4 Å². The summed E-state index contributed by atoms with van der Waals surface area (Å²) in [4.78, 5) is 36.9. The minimum atomic E-state index is -0.988. The molecule has 10 nitrogen and oxygen atoms in total. The molecule has 0 radical (unpaired) electrons. The third-order valence-corrected chi connectivity index (χ3v) is 5.30. The van der Waals surface area contributed by atoms with E-state index in [2.05, 4.69) is 21.2 Å². The van der Waals surface area contributed by atoms with Crippen LogP contribution in [0.1, 0.15) is 13.3 Å². The largest absolute Gasteiger partial charge is 0.495 e. The number of benzene rings is 3. The van der Waals surface area contributed by atoms with Crippen LogP contribution < -0.4 is 25.5 Å². The van der Waals surface area contributed by atoms with E-state index >= 15 is 0 Å². The van der Waals surface area contributed by atoms with Crippen molar-refractivity contribution in [3.8, 4) is 11.5 Å². The standard InChI is InChI=1S/C26H24N4O6/c1-15(29-30-26(33)25(32)28-18-9-5-7-11-21(18)34-2)12-24(31)27-19-14-22-17(13-23(19)35-3)16-8-4-6-10-20(16)36-22/h4-11,13-14H,12H2,1-3H3,(H,27,31)(H,28,32)(H,30,33)/b29-15-. The van der Waals surface area contributed by atoms with Gasteiger partial charge in [-0.1, -0.05) is 30.3 Å². The number of nitrogens with zero attached hydrogens (tertiary/aromatic N) is 1. The lowest BCUT2D eigenvalue weighted by atomic mass is 10.1. The third kappa shape index (κ3) is 5.27. The molecule has 3 amide bonds. The molecule has 0 bridgehead atoms. The minimum Gasteiger partial charge on any atom is -0.495 e. The molecule has 0 unspecified atom stereocenters. The normalized spacial score (nSPS) is 11.2. The molecule has 0 aliphatic carbocycles. The first-order valence-corrected chi connectivity index (χ1v) is 11.0. The lowest BCUT2D eigenvalue weighted by Gasteiger charge is -2.10. The molecule has 0 fully saturated rings. The first kappa shape index (κ1) is 24.3. The third-order valence-electron chi connectivity index (χ3n) is 5.30. The maximum atomic E-state index is 12.6. The fourth-order valence-corrected chi connectivity index (χ4v) is 3.61. The van der Waals surface area contributed by atoms with Gasteiger partial charge in [0.2, 0.25) is 5.91 Å². The molecule has 36 heavy (non-hydrogen) atoms. The highest BCUT2D eigenvalue weighted by molar-refractivity contribution is 6.39. The molecule has 1 heterocycles. The molecule has 0 aliphatic heterocycles. The maximum absolute atomic E-state index is 12.6. The van der Waals surface area contributed by atoms with Gasteiger partial charge in [-0.2, -0.15) is 5.10 Å². The van der Waals surface area contributed by atoms with Gasteiger partial charge in [-0.3, -0.25) is 14.4 Å². The summed E-state index contributed by atoms with van der Waals surface area (Å²) in [5.41, 5.74) is 4.54. The summed E-state index contributed by atoms with van der Waals surface area (Å²) < 4.78 is 16.5. The highest BCUT2D eigenvalue weighted by Crippen LogP contribution is 2.36. The number of furan rings is 1. The Morgan fingerprint density at radius 2 is 1.53 bits per heavy atom. The summed E-state index contributed by atoms with van der Waals surface area (Å²) in [6.45, 7) is 1.55. The van der Waals surface area contributed by atoms with Crippen LogP contribution in [0.2, 0.25) is 0 Å². The summed E-state index contributed by atoms with van der Waals surface area (Å²) >= 11 is 0. The van der Waals surface area contributed by atoms with Crippen LogP contribution in [0.3, 0.4) is 0 Å². The molecular formula is C26H24N4O6. The van der Waals surface area contributed by atoms with Crippen molar-refractivity contribution in [3.05, 3.63) is 60.7 Å². The van der Waals surface area contributed by atoms with Crippen molar-refractivity contribution in [3.63, 3.8) is 0 Å². The Labute approximate surface area is 206 Å². The van der Waals surface area contributed by atoms with E-state index in [0.717, 1.165) is 16.4 Å². The van der Waals surface area contributed by atoms with Crippen molar-refractivity contribution in [1.82, 2.24) is 5.43 Å². The monoisotopic (exact) mass is 488 g/mol. The number of carbonyl (C=O) groups is 3. The zero-order chi connectivity index (χ0) is 25.7. The molecule has 0 aliphatic rings. The Bertz CT molecular complexity index is 1490. The van der Waals surface area contributed by atoms with Gasteiger partial charge < -0.3 is 24.5 Å². The average molecular weight is 489 g/mol. The Balaban J connectivity index is 1.39. The molecule has 0 spiro atoms. The van der Waals surface area contributed by atoms with Crippen LogP contribution in [0.15, 0.2) is 70.2 Å². The van der Waals surface area contributed by atoms with E-state index in [1.165, 1.54) is 14.2 Å². The second-order valence-electron chi connectivity index (χ2n) is 7.81. The number of hydrogen-bond donors (Lipinski definition) is 3. The Morgan fingerprint density at radius 1 is 0.806 bits per heavy atom. The number of methoxy groups -OCH3 is 2. The van der Waals surface area contributed by atoms with Crippen LogP contribution in [0, 0.1) is 0 Å². The lowest BCUT2D eigenvalue weighted by molar-refractivity contribution is -0.136. The van der Waals surface area contributed by atoms with E-state index < -0.39 is 17.7 Å². The SMILES string of the molecule is COc1cc2c(cc1NC(=O)C/C(C)=N\NC(=O)C(=O)Nc1ccccc1OC)oc1ccccc12. The molecule has 4 aromatic rings. The summed E-state index contributed by atoms with van der Waals surface area (Å²) in [6, 6.07) is 17.8. The van der Waals surface area contributed by atoms with Gasteiger partial charge in [-0.15, -0.1) is 0 Å². The number of amides is 3. The number of hydrazone groups is 1. The molecule has 184 valence electrons. The van der Waals surface area contributed by atoms with E-state index in [-0.39, 0.29) is 12.1 Å². The topological polar surface area (TPSA) is 131 Å². The second kappa shape index (κ2) is 10.6. The Morgan fingerprint density at radius 3 is 2.31 bits per heavy atom. The number of nitrogens with one attached hydrogen (secondary N) is 3. The van der Waals surface area contributed by atoms with Gasteiger partial charge in [0.15, 0.2) is 0 Å². The van der Waals surface area contributed by atoms with Gasteiger partial charge in [-0.25, -0.2) is 5.43 Å². The van der Waals surface area contributed by atoms with Gasteiger partial charge in [0.05, 0.1) is 32.0 Å². The van der Waals surface area contributed by atoms with Crippen LogP contribution >= 0.6 is 0 Å². The van der Waals surface area contributed by atoms with Crippen molar-refractivity contribution >= 4 is 56.7 Å². The van der Waals surface area contributed by atoms with Gasteiger partial charge >= 0.3 is 11.8 Å². The summed E-state index contributed by atoms with van der Waals surface area (Å²) in [5, 5.41) is 10.9. The zero-order valence-corrected chi connectivity index (χ0v) is 19.9. The van der Waals surface area contributed by atoms with Gasteiger partial charge in [0.1, 0.15) is 22.7 Å². The number of ether oxygens (including phenoxy) is 2. The molecule has 0 atom stereocenters. The van der Waals surface area contributed by atoms with E-state index in [1.807, 2.05) is 24.3 Å². The number of fused-ring (bicyclic) bond motifs is 3. The molecule has 1 aromatic heterocycles. The molecule has 0 saturated heterocycles. The fourth-order valence-electron chi connectivity index (χ4n) is 3.61. The van der Waals surface area contributed by atoms with Crippen molar-refractivity contribution < 1.29 is 28.3 Å². The fraction of sp³-hybridized carbons (Fsp3) is 0.154. The smallest absolute Gasteiger partial charge is 0.329 e. The molecule has 3 aromatic carbocycles. The molecule has 0 saturated carbocycles. The van der Waals surface area contributed by atoms with Crippen molar-refractivity contribution in [2.45, 2.75) is 13.3 Å². The van der Waals surface area contributed by atoms with Crippen molar-refractivity contribution in [1.29, 1.82) is 0 Å². The van der Waals surface area contributed by atoms with Crippen LogP contribution in [-0.4, -0.2) is 37.7 Å². The first-order valence-electron chi connectivity index (χ1n) is 11.0.